The molecule has 1 aromatic heterocycles. The molecule has 0 atom stereocenters. The van der Waals surface area contributed by atoms with Crippen molar-refractivity contribution in [2.75, 3.05) is 6.61 Å². The molecule has 0 spiro atoms. The summed E-state index contributed by atoms with van der Waals surface area (Å²) in [6, 6.07) is 0. The van der Waals surface area contributed by atoms with Gasteiger partial charge in [0.1, 0.15) is 0 Å². The van der Waals surface area contributed by atoms with E-state index in [2.05, 4.69) is 4.74 Å². The number of ether oxygens (including phenoxy) is 1. The summed E-state index contributed by atoms with van der Waals surface area (Å²) in [5.41, 5.74) is -1.84. The van der Waals surface area contributed by atoms with Crippen LogP contribution >= 0.6 is 0 Å². The molecule has 0 amide bonds. The van der Waals surface area contributed by atoms with Crippen LogP contribution in [0.5, 0.6) is 5.88 Å². The minimum absolute atomic E-state index is 0. The zero-order valence-electron chi connectivity index (χ0n) is 9.99. The van der Waals surface area contributed by atoms with Gasteiger partial charge < -0.3 is 11.3 Å². The summed E-state index contributed by atoms with van der Waals surface area (Å²) in [6.07, 6.45) is -0.383. The van der Waals surface area contributed by atoms with Gasteiger partial charge in [0, 0.05) is 0 Å². The Hall–Kier alpha value is -1.05. The van der Waals surface area contributed by atoms with E-state index in [1.165, 1.54) is 0 Å². The van der Waals surface area contributed by atoms with Crippen LogP contribution in [0.25, 0.3) is 0 Å². The standard InChI is InChI=1S/C8H10N2O5.Na.H/c1-2-15-5(11)3-4-6(12)9-8(14)10-7(4)13;;/h2-3H2,1H3,(H3,9,10,12,13,14);;/q;+1;-1. The Balaban J connectivity index is 0. The second kappa shape index (κ2) is 6.51. The van der Waals surface area contributed by atoms with Gasteiger partial charge in [-0.1, -0.05) is 0 Å². The fourth-order valence-corrected chi connectivity index (χ4v) is 1.02. The molecular weight excluding hydrogens is 227 g/mol. The van der Waals surface area contributed by atoms with Gasteiger partial charge in [-0.15, -0.1) is 0 Å². The van der Waals surface area contributed by atoms with Gasteiger partial charge in [0.15, 0.2) is 0 Å². The second-order valence-corrected chi connectivity index (χ2v) is 2.72. The normalized spacial score (nSPS) is 9.31. The average molecular weight is 238 g/mol. The summed E-state index contributed by atoms with van der Waals surface area (Å²) in [7, 11) is 0. The first-order valence-corrected chi connectivity index (χ1v) is 4.24. The van der Waals surface area contributed by atoms with Crippen molar-refractivity contribution in [2.24, 2.45) is 0 Å². The minimum atomic E-state index is -0.829. The molecular formula is C8H11N2NaO5. The molecule has 1 rings (SSSR count). The van der Waals surface area contributed by atoms with E-state index < -0.39 is 23.1 Å². The van der Waals surface area contributed by atoms with E-state index in [1.807, 2.05) is 9.97 Å². The predicted molar refractivity (Wildman–Crippen MR) is 50.8 cm³/mol. The van der Waals surface area contributed by atoms with Crippen LogP contribution in [0.2, 0.25) is 0 Å². The molecule has 0 saturated heterocycles. The molecule has 0 unspecified atom stereocenters. The van der Waals surface area contributed by atoms with Crippen LogP contribution in [-0.2, 0) is 16.0 Å². The SMILES string of the molecule is CCOC(=O)Cc1c(O)[nH]c(=O)[nH]c1=O.[H-].[Na+]. The van der Waals surface area contributed by atoms with Gasteiger partial charge in [0.2, 0.25) is 5.88 Å². The van der Waals surface area contributed by atoms with Crippen molar-refractivity contribution in [3.63, 3.8) is 0 Å². The number of esters is 1. The second-order valence-electron chi connectivity index (χ2n) is 2.72. The van der Waals surface area contributed by atoms with Crippen molar-refractivity contribution >= 4 is 5.97 Å². The Morgan fingerprint density at radius 2 is 2.06 bits per heavy atom. The van der Waals surface area contributed by atoms with Crippen molar-refractivity contribution in [1.82, 2.24) is 9.97 Å². The van der Waals surface area contributed by atoms with Crippen molar-refractivity contribution in [3.8, 4) is 5.88 Å². The van der Waals surface area contributed by atoms with Crippen LogP contribution in [0.1, 0.15) is 13.9 Å². The summed E-state index contributed by atoms with van der Waals surface area (Å²) >= 11 is 0. The van der Waals surface area contributed by atoms with E-state index in [0.717, 1.165) is 0 Å². The Bertz CT molecular complexity index is 484. The Labute approximate surface area is 114 Å². The topological polar surface area (TPSA) is 112 Å². The van der Waals surface area contributed by atoms with Gasteiger partial charge >= 0.3 is 41.2 Å². The summed E-state index contributed by atoms with van der Waals surface area (Å²) < 4.78 is 4.59. The molecule has 0 aliphatic rings. The number of aromatic hydroxyl groups is 1. The van der Waals surface area contributed by atoms with Crippen molar-refractivity contribution < 1.29 is 45.6 Å². The van der Waals surface area contributed by atoms with Crippen LogP contribution in [0, 0.1) is 0 Å². The summed E-state index contributed by atoms with van der Waals surface area (Å²) in [5, 5.41) is 9.21. The quantitative estimate of drug-likeness (QED) is 0.367. The maximum absolute atomic E-state index is 11.2. The van der Waals surface area contributed by atoms with Crippen molar-refractivity contribution in [2.45, 2.75) is 13.3 Å². The molecule has 0 fully saturated rings. The van der Waals surface area contributed by atoms with Crippen LogP contribution in [0.3, 0.4) is 0 Å². The summed E-state index contributed by atoms with van der Waals surface area (Å²) in [5.74, 6) is -1.26. The Morgan fingerprint density at radius 1 is 1.44 bits per heavy atom. The zero-order chi connectivity index (χ0) is 11.4. The van der Waals surface area contributed by atoms with E-state index in [-0.39, 0.29) is 49.6 Å². The molecule has 16 heavy (non-hydrogen) atoms. The molecule has 0 aliphatic heterocycles. The van der Waals surface area contributed by atoms with E-state index in [9.17, 15) is 19.5 Å². The Morgan fingerprint density at radius 3 is 2.56 bits per heavy atom. The van der Waals surface area contributed by atoms with Gasteiger partial charge in [-0.3, -0.25) is 19.6 Å². The van der Waals surface area contributed by atoms with Crippen LogP contribution in [0.4, 0.5) is 0 Å². The molecule has 1 heterocycles. The van der Waals surface area contributed by atoms with Crippen LogP contribution in [-0.4, -0.2) is 27.7 Å². The number of nitrogens with one attached hydrogen (secondary N) is 2. The molecule has 0 saturated carbocycles. The van der Waals surface area contributed by atoms with Gasteiger partial charge in [0.25, 0.3) is 5.56 Å². The van der Waals surface area contributed by atoms with Gasteiger partial charge in [-0.25, -0.2) is 4.79 Å². The zero-order valence-corrected chi connectivity index (χ0v) is 11.0. The number of H-pyrrole nitrogens is 2. The number of hydrogen-bond acceptors (Lipinski definition) is 5. The van der Waals surface area contributed by atoms with E-state index in [1.54, 1.807) is 6.92 Å². The van der Waals surface area contributed by atoms with Gasteiger partial charge in [-0.05, 0) is 6.92 Å². The monoisotopic (exact) mass is 238 g/mol. The third-order valence-electron chi connectivity index (χ3n) is 1.65. The van der Waals surface area contributed by atoms with Gasteiger partial charge in [-0.2, -0.15) is 0 Å². The smallest absolute Gasteiger partial charge is 1.00 e. The Kier molecular flexibility index (Phi) is 6.09. The van der Waals surface area contributed by atoms with Gasteiger partial charge in [0.05, 0.1) is 18.6 Å². The predicted octanol–water partition coefficient (Wildman–Crippen LogP) is -4.01. The maximum atomic E-state index is 11.2. The number of aromatic nitrogens is 2. The fraction of sp³-hybridized carbons (Fsp3) is 0.375. The number of carbonyl (C=O) groups excluding carboxylic acids is 1. The molecule has 0 aliphatic carbocycles. The average Bonchev–Trinajstić information content (AvgIpc) is 2.11. The first-order valence-electron chi connectivity index (χ1n) is 4.24. The minimum Gasteiger partial charge on any atom is -1.00 e. The molecule has 0 radical (unpaired) electrons. The van der Waals surface area contributed by atoms with Crippen LogP contribution in [0.15, 0.2) is 9.59 Å². The number of carbonyl (C=O) groups is 1. The molecule has 0 bridgehead atoms. The number of hydrogen-bond donors (Lipinski definition) is 3. The van der Waals surface area contributed by atoms with E-state index in [4.69, 9.17) is 0 Å². The number of rotatable bonds is 3. The third kappa shape index (κ3) is 3.84. The molecule has 8 heteroatoms. The maximum Gasteiger partial charge on any atom is 1.00 e. The largest absolute Gasteiger partial charge is 1.00 e. The van der Waals surface area contributed by atoms with Crippen molar-refractivity contribution in [3.05, 3.63) is 26.4 Å². The molecule has 1 aromatic rings. The summed E-state index contributed by atoms with van der Waals surface area (Å²) in [6.45, 7) is 1.80. The molecule has 0 aromatic carbocycles. The first-order chi connectivity index (χ1) is 7.04. The molecule has 3 N–H and O–H groups in total. The third-order valence-corrected chi connectivity index (χ3v) is 1.65. The fourth-order valence-electron chi connectivity index (χ4n) is 1.02. The molecule has 84 valence electrons. The van der Waals surface area contributed by atoms with E-state index in [0.29, 0.717) is 0 Å². The number of aromatic amines is 2. The first kappa shape index (κ1) is 14.9. The summed E-state index contributed by atoms with van der Waals surface area (Å²) in [4.78, 5) is 36.7. The van der Waals surface area contributed by atoms with Crippen molar-refractivity contribution in [1.29, 1.82) is 0 Å². The van der Waals surface area contributed by atoms with Crippen LogP contribution < -0.4 is 40.8 Å². The molecule has 7 nitrogen and oxygen atoms in total. The van der Waals surface area contributed by atoms with E-state index >= 15 is 0 Å².